The van der Waals surface area contributed by atoms with Crippen LogP contribution in [-0.4, -0.2) is 10.1 Å². The highest BCUT2D eigenvalue weighted by Crippen LogP contribution is 2.51. The van der Waals surface area contributed by atoms with E-state index in [1.807, 2.05) is 12.1 Å². The number of allylic oxidation sites excluding steroid dienone is 1. The van der Waals surface area contributed by atoms with Crippen LogP contribution in [0.4, 0.5) is 0 Å². The minimum atomic E-state index is 0.108. The molecule has 0 radical (unpaired) electrons. The maximum atomic E-state index is 6.19. The Hall–Kier alpha value is -2.05. The molecular weight excluding hydrogens is 604 g/mol. The number of hydrogen-bond acceptors (Lipinski definition) is 3. The number of fused-ring (bicyclic) bond motifs is 1. The van der Waals surface area contributed by atoms with E-state index in [2.05, 4.69) is 109 Å². The van der Waals surface area contributed by atoms with Gasteiger partial charge in [0.2, 0.25) is 0 Å². The summed E-state index contributed by atoms with van der Waals surface area (Å²) in [4.78, 5) is 7.68. The molecule has 1 aliphatic carbocycles. The van der Waals surface area contributed by atoms with E-state index >= 15 is 0 Å². The van der Waals surface area contributed by atoms with E-state index in [9.17, 15) is 0 Å². The van der Waals surface area contributed by atoms with Gasteiger partial charge in [0.1, 0.15) is 0 Å². The second-order valence-electron chi connectivity index (χ2n) is 8.79. The van der Waals surface area contributed by atoms with Crippen molar-refractivity contribution in [2.24, 2.45) is 4.99 Å². The number of amidine groups is 1. The molecule has 35 heavy (non-hydrogen) atoms. The van der Waals surface area contributed by atoms with Gasteiger partial charge in [0.25, 0.3) is 0 Å². The Balaban J connectivity index is 1.48. The number of halogens is 3. The molecule has 0 saturated carbocycles. The third-order valence-corrected chi connectivity index (χ3v) is 8.72. The van der Waals surface area contributed by atoms with E-state index < -0.39 is 0 Å². The van der Waals surface area contributed by atoms with Crippen LogP contribution in [0.2, 0.25) is 5.02 Å². The summed E-state index contributed by atoms with van der Waals surface area (Å²) in [6.45, 7) is 0. The van der Waals surface area contributed by atoms with Gasteiger partial charge in [0.05, 0.1) is 17.4 Å². The van der Waals surface area contributed by atoms with Crippen LogP contribution >= 0.6 is 55.2 Å². The molecular formula is C29H21Br2ClN2S. The number of benzene rings is 3. The smallest absolute Gasteiger partial charge is 0.174 e. The second kappa shape index (κ2) is 9.78. The van der Waals surface area contributed by atoms with Gasteiger partial charge in [-0.05, 0) is 89.6 Å². The molecule has 6 heteroatoms. The first-order valence-electron chi connectivity index (χ1n) is 11.5. The van der Waals surface area contributed by atoms with Gasteiger partial charge in [-0.2, -0.15) is 0 Å². The average molecular weight is 625 g/mol. The molecule has 0 amide bonds. The summed E-state index contributed by atoms with van der Waals surface area (Å²) in [6.07, 6.45) is 5.52. The van der Waals surface area contributed by atoms with Gasteiger partial charge in [0, 0.05) is 19.4 Å². The fourth-order valence-corrected chi connectivity index (χ4v) is 6.53. The van der Waals surface area contributed by atoms with Crippen molar-refractivity contribution >= 4 is 72.2 Å². The highest BCUT2D eigenvalue weighted by molar-refractivity contribution is 9.10. The molecule has 174 valence electrons. The van der Waals surface area contributed by atoms with Gasteiger partial charge in [-0.3, -0.25) is 0 Å². The lowest BCUT2D eigenvalue weighted by molar-refractivity contribution is 0.458. The van der Waals surface area contributed by atoms with Crippen molar-refractivity contribution in [1.82, 2.24) is 4.90 Å². The lowest BCUT2D eigenvalue weighted by atomic mass is 9.83. The summed E-state index contributed by atoms with van der Waals surface area (Å²) in [7, 11) is 0. The van der Waals surface area contributed by atoms with Crippen LogP contribution in [0.15, 0.2) is 109 Å². The van der Waals surface area contributed by atoms with E-state index in [1.165, 1.54) is 28.0 Å². The molecule has 0 saturated heterocycles. The SMILES string of the molecule is Clc1ccc(C2=CSC3=NC4=C(CCC/C4=C\c4ccc(Br)cc4)[C@@H](c4ccc(Br)cc4)N23)cc1. The third-order valence-electron chi connectivity index (χ3n) is 6.57. The zero-order valence-electron chi connectivity index (χ0n) is 18.7. The van der Waals surface area contributed by atoms with Gasteiger partial charge in [-0.15, -0.1) is 0 Å². The molecule has 2 heterocycles. The lowest BCUT2D eigenvalue weighted by Crippen LogP contribution is -2.34. The fourth-order valence-electron chi connectivity index (χ4n) is 4.95. The maximum absolute atomic E-state index is 6.19. The Kier molecular flexibility index (Phi) is 6.52. The second-order valence-corrected chi connectivity index (χ2v) is 11.9. The number of aliphatic imine (C=N–C) groups is 1. The van der Waals surface area contributed by atoms with Gasteiger partial charge < -0.3 is 4.90 Å². The van der Waals surface area contributed by atoms with Crippen LogP contribution in [-0.2, 0) is 0 Å². The summed E-state index contributed by atoms with van der Waals surface area (Å²) < 4.78 is 2.18. The van der Waals surface area contributed by atoms with Gasteiger partial charge in [-0.25, -0.2) is 4.99 Å². The number of hydrogen-bond donors (Lipinski definition) is 0. The summed E-state index contributed by atoms with van der Waals surface area (Å²) in [5.41, 5.74) is 8.70. The molecule has 2 aliphatic heterocycles. The Morgan fingerprint density at radius 2 is 1.57 bits per heavy atom. The highest BCUT2D eigenvalue weighted by atomic mass is 79.9. The zero-order valence-corrected chi connectivity index (χ0v) is 23.5. The van der Waals surface area contributed by atoms with E-state index in [4.69, 9.17) is 16.6 Å². The Labute approximate surface area is 231 Å². The molecule has 2 nitrogen and oxygen atoms in total. The first-order chi connectivity index (χ1) is 17.1. The number of nitrogens with zero attached hydrogens (tertiary/aromatic N) is 2. The Morgan fingerprint density at radius 3 is 2.29 bits per heavy atom. The summed E-state index contributed by atoms with van der Waals surface area (Å²) >= 11 is 15.1. The lowest BCUT2D eigenvalue weighted by Gasteiger charge is -2.40. The van der Waals surface area contributed by atoms with Crippen LogP contribution in [0.1, 0.15) is 42.0 Å². The van der Waals surface area contributed by atoms with Crippen molar-refractivity contribution in [3.63, 3.8) is 0 Å². The average Bonchev–Trinajstić information content (AvgIpc) is 3.29. The minimum Gasteiger partial charge on any atom is -0.308 e. The van der Waals surface area contributed by atoms with Gasteiger partial charge >= 0.3 is 0 Å². The predicted octanol–water partition coefficient (Wildman–Crippen LogP) is 9.84. The van der Waals surface area contributed by atoms with E-state index in [0.717, 1.165) is 49.7 Å². The predicted molar refractivity (Wildman–Crippen MR) is 156 cm³/mol. The minimum absolute atomic E-state index is 0.108. The Morgan fingerprint density at radius 1 is 0.886 bits per heavy atom. The first-order valence-corrected chi connectivity index (χ1v) is 14.4. The van der Waals surface area contributed by atoms with Crippen molar-refractivity contribution in [3.05, 3.63) is 126 Å². The number of rotatable bonds is 3. The summed E-state index contributed by atoms with van der Waals surface area (Å²) in [5, 5.41) is 4.01. The standard InChI is InChI=1S/C29H21Br2ClN2S/c30-22-10-4-18(5-11-22)16-21-2-1-3-25-27(21)33-29-34(28(25)20-6-12-23(31)13-7-20)26(17-35-29)19-8-14-24(32)15-9-19/h4-17,28H,1-3H2/b21-16+/t28-/m1/s1. The van der Waals surface area contributed by atoms with Crippen molar-refractivity contribution in [1.29, 1.82) is 0 Å². The summed E-state index contributed by atoms with van der Waals surface area (Å²) in [5.74, 6) is 0. The molecule has 0 unspecified atom stereocenters. The normalized spacial score (nSPS) is 20.5. The molecule has 3 aromatic carbocycles. The maximum Gasteiger partial charge on any atom is 0.174 e. The van der Waals surface area contributed by atoms with Gasteiger partial charge in [0.15, 0.2) is 5.17 Å². The van der Waals surface area contributed by atoms with Crippen molar-refractivity contribution in [2.45, 2.75) is 25.3 Å². The van der Waals surface area contributed by atoms with Crippen LogP contribution in [0.25, 0.3) is 11.8 Å². The largest absolute Gasteiger partial charge is 0.308 e. The molecule has 6 rings (SSSR count). The van der Waals surface area contributed by atoms with E-state index in [1.54, 1.807) is 11.8 Å². The van der Waals surface area contributed by atoms with Crippen molar-refractivity contribution < 1.29 is 0 Å². The van der Waals surface area contributed by atoms with E-state index in [0.29, 0.717) is 0 Å². The number of thioether (sulfide) groups is 1. The summed E-state index contributed by atoms with van der Waals surface area (Å²) in [6, 6.07) is 25.5. The highest BCUT2D eigenvalue weighted by Gasteiger charge is 2.40. The molecule has 0 spiro atoms. The van der Waals surface area contributed by atoms with Crippen molar-refractivity contribution in [3.8, 4) is 0 Å². The zero-order chi connectivity index (χ0) is 23.9. The monoisotopic (exact) mass is 622 g/mol. The van der Waals surface area contributed by atoms with Crippen LogP contribution in [0.5, 0.6) is 0 Å². The Bertz CT molecular complexity index is 1400. The van der Waals surface area contributed by atoms with Crippen LogP contribution < -0.4 is 0 Å². The molecule has 0 fully saturated rings. The van der Waals surface area contributed by atoms with Crippen molar-refractivity contribution in [2.75, 3.05) is 0 Å². The van der Waals surface area contributed by atoms with Crippen LogP contribution in [0, 0.1) is 0 Å². The van der Waals surface area contributed by atoms with E-state index in [-0.39, 0.29) is 6.04 Å². The molecule has 3 aromatic rings. The fraction of sp³-hybridized carbons (Fsp3) is 0.138. The van der Waals surface area contributed by atoms with Gasteiger partial charge in [-0.1, -0.05) is 91.6 Å². The quantitative estimate of drug-likeness (QED) is 0.288. The topological polar surface area (TPSA) is 15.6 Å². The third kappa shape index (κ3) is 4.60. The molecule has 0 N–H and O–H groups in total. The molecule has 0 aromatic heterocycles. The first kappa shape index (κ1) is 23.4. The van der Waals surface area contributed by atoms with Crippen LogP contribution in [0.3, 0.4) is 0 Å². The molecule has 1 atom stereocenters. The molecule has 3 aliphatic rings. The molecule has 0 bridgehead atoms.